The summed E-state index contributed by atoms with van der Waals surface area (Å²) in [5.74, 6) is 1.08. The largest absolute Gasteiger partial charge is 0.497 e. The van der Waals surface area contributed by atoms with Crippen molar-refractivity contribution < 1.29 is 9.13 Å². The van der Waals surface area contributed by atoms with Crippen molar-refractivity contribution in [1.82, 2.24) is 15.3 Å². The average Bonchev–Trinajstić information content (AvgIpc) is 2.92. The van der Waals surface area contributed by atoms with Crippen molar-refractivity contribution in [2.75, 3.05) is 7.11 Å². The molecule has 0 aliphatic carbocycles. The molecule has 5 heteroatoms. The van der Waals surface area contributed by atoms with Crippen molar-refractivity contribution in [2.45, 2.75) is 25.9 Å². The molecule has 2 N–H and O–H groups in total. The number of H-pyrrole nitrogens is 1. The Morgan fingerprint density at radius 3 is 2.68 bits per heavy atom. The van der Waals surface area contributed by atoms with Crippen LogP contribution in [0.15, 0.2) is 30.6 Å². The van der Waals surface area contributed by atoms with E-state index in [4.69, 9.17) is 4.74 Å². The number of methoxy groups -OCH3 is 1. The lowest BCUT2D eigenvalue weighted by Gasteiger charge is -2.19. The van der Waals surface area contributed by atoms with Gasteiger partial charge in [-0.1, -0.05) is 6.07 Å². The summed E-state index contributed by atoms with van der Waals surface area (Å²) >= 11 is 0. The minimum absolute atomic E-state index is 0.0199. The monoisotopic (exact) mass is 263 g/mol. The van der Waals surface area contributed by atoms with Crippen LogP contribution in [0.3, 0.4) is 0 Å². The van der Waals surface area contributed by atoms with Gasteiger partial charge in [-0.25, -0.2) is 9.37 Å². The molecule has 19 heavy (non-hydrogen) atoms. The van der Waals surface area contributed by atoms with E-state index >= 15 is 0 Å². The van der Waals surface area contributed by atoms with E-state index in [-0.39, 0.29) is 17.9 Å². The van der Waals surface area contributed by atoms with Gasteiger partial charge in [0, 0.05) is 30.1 Å². The Balaban J connectivity index is 2.09. The molecule has 0 aliphatic rings. The van der Waals surface area contributed by atoms with Gasteiger partial charge in [-0.3, -0.25) is 0 Å². The topological polar surface area (TPSA) is 49.9 Å². The second kappa shape index (κ2) is 5.84. The number of imidazole rings is 1. The van der Waals surface area contributed by atoms with E-state index in [0.29, 0.717) is 11.3 Å². The first-order valence-electron chi connectivity index (χ1n) is 6.20. The molecule has 2 rings (SSSR count). The molecule has 0 saturated heterocycles. The highest BCUT2D eigenvalue weighted by Crippen LogP contribution is 2.23. The normalized spacial score (nSPS) is 14.1. The fourth-order valence-electron chi connectivity index (χ4n) is 2.04. The zero-order valence-electron chi connectivity index (χ0n) is 11.3. The first-order chi connectivity index (χ1) is 9.11. The van der Waals surface area contributed by atoms with Crippen molar-refractivity contribution in [3.8, 4) is 5.75 Å². The van der Waals surface area contributed by atoms with E-state index in [9.17, 15) is 4.39 Å². The highest BCUT2D eigenvalue weighted by Gasteiger charge is 2.16. The van der Waals surface area contributed by atoms with Crippen LogP contribution < -0.4 is 10.1 Å². The fraction of sp³-hybridized carbons (Fsp3) is 0.357. The predicted octanol–water partition coefficient (Wildman–Crippen LogP) is 2.97. The number of aromatic amines is 1. The van der Waals surface area contributed by atoms with Crippen molar-refractivity contribution in [3.63, 3.8) is 0 Å². The van der Waals surface area contributed by atoms with E-state index in [0.717, 1.165) is 5.82 Å². The number of benzene rings is 1. The third kappa shape index (κ3) is 3.12. The van der Waals surface area contributed by atoms with Crippen LogP contribution >= 0.6 is 0 Å². The Labute approximate surface area is 112 Å². The smallest absolute Gasteiger partial charge is 0.131 e. The lowest BCUT2D eigenvalue weighted by molar-refractivity contribution is 0.408. The Morgan fingerprint density at radius 2 is 2.11 bits per heavy atom. The average molecular weight is 263 g/mol. The summed E-state index contributed by atoms with van der Waals surface area (Å²) < 4.78 is 18.9. The second-order valence-electron chi connectivity index (χ2n) is 4.47. The van der Waals surface area contributed by atoms with Gasteiger partial charge in [-0.05, 0) is 19.9 Å². The Kier molecular flexibility index (Phi) is 4.16. The SMILES string of the molecule is COc1ccc(C(C)NC(C)c2ncc[nH]2)c(F)c1. The van der Waals surface area contributed by atoms with Crippen molar-refractivity contribution in [2.24, 2.45) is 0 Å². The number of hydrogen-bond donors (Lipinski definition) is 2. The molecule has 2 aromatic rings. The van der Waals surface area contributed by atoms with E-state index in [2.05, 4.69) is 15.3 Å². The molecule has 0 spiro atoms. The third-order valence-corrected chi connectivity index (χ3v) is 3.10. The molecule has 0 saturated carbocycles. The van der Waals surface area contributed by atoms with Crippen LogP contribution in [0, 0.1) is 5.82 Å². The summed E-state index contributed by atoms with van der Waals surface area (Å²) in [6.45, 7) is 3.90. The van der Waals surface area contributed by atoms with Gasteiger partial charge in [0.05, 0.1) is 13.2 Å². The van der Waals surface area contributed by atoms with Crippen LogP contribution in [0.5, 0.6) is 5.75 Å². The Hall–Kier alpha value is -1.88. The van der Waals surface area contributed by atoms with Gasteiger partial charge in [-0.15, -0.1) is 0 Å². The molecule has 2 unspecified atom stereocenters. The molecule has 0 bridgehead atoms. The number of nitrogens with zero attached hydrogens (tertiary/aromatic N) is 1. The zero-order valence-corrected chi connectivity index (χ0v) is 11.3. The molecule has 2 atom stereocenters. The predicted molar refractivity (Wildman–Crippen MR) is 71.5 cm³/mol. The van der Waals surface area contributed by atoms with Crippen LogP contribution in [0.2, 0.25) is 0 Å². The van der Waals surface area contributed by atoms with Crippen LogP contribution in [0.25, 0.3) is 0 Å². The van der Waals surface area contributed by atoms with E-state index in [1.54, 1.807) is 24.5 Å². The molecule has 1 aromatic heterocycles. The van der Waals surface area contributed by atoms with Gasteiger partial charge in [0.15, 0.2) is 0 Å². The number of rotatable bonds is 5. The summed E-state index contributed by atoms with van der Waals surface area (Å²) in [4.78, 5) is 7.22. The number of aromatic nitrogens is 2. The molecular weight excluding hydrogens is 245 g/mol. The van der Waals surface area contributed by atoms with Gasteiger partial charge < -0.3 is 15.0 Å². The highest BCUT2D eigenvalue weighted by atomic mass is 19.1. The van der Waals surface area contributed by atoms with Gasteiger partial charge >= 0.3 is 0 Å². The number of nitrogens with one attached hydrogen (secondary N) is 2. The van der Waals surface area contributed by atoms with Crippen LogP contribution in [-0.4, -0.2) is 17.1 Å². The lowest BCUT2D eigenvalue weighted by atomic mass is 10.1. The van der Waals surface area contributed by atoms with Gasteiger partial charge in [0.25, 0.3) is 0 Å². The van der Waals surface area contributed by atoms with Gasteiger partial charge in [-0.2, -0.15) is 0 Å². The summed E-state index contributed by atoms with van der Waals surface area (Å²) in [6.07, 6.45) is 3.47. The van der Waals surface area contributed by atoms with Crippen molar-refractivity contribution in [1.29, 1.82) is 0 Å². The zero-order chi connectivity index (χ0) is 13.8. The van der Waals surface area contributed by atoms with Crippen molar-refractivity contribution in [3.05, 3.63) is 47.8 Å². The van der Waals surface area contributed by atoms with Gasteiger partial charge in [0.2, 0.25) is 0 Å². The molecule has 4 nitrogen and oxygen atoms in total. The van der Waals surface area contributed by atoms with Crippen LogP contribution in [0.1, 0.15) is 37.3 Å². The maximum absolute atomic E-state index is 13.9. The Bertz CT molecular complexity index is 527. The molecule has 1 heterocycles. The quantitative estimate of drug-likeness (QED) is 0.872. The molecule has 102 valence electrons. The Morgan fingerprint density at radius 1 is 1.32 bits per heavy atom. The van der Waals surface area contributed by atoms with Crippen LogP contribution in [0.4, 0.5) is 4.39 Å². The second-order valence-corrected chi connectivity index (χ2v) is 4.47. The number of ether oxygens (including phenoxy) is 1. The standard InChI is InChI=1S/C14H18FN3O/c1-9(18-10(2)14-16-6-7-17-14)12-5-4-11(19-3)8-13(12)15/h4-10,18H,1-3H3,(H,16,17). The summed E-state index contributed by atoms with van der Waals surface area (Å²) in [5.41, 5.74) is 0.610. The highest BCUT2D eigenvalue weighted by molar-refractivity contribution is 5.30. The molecular formula is C14H18FN3O. The maximum Gasteiger partial charge on any atom is 0.131 e. The molecule has 0 amide bonds. The van der Waals surface area contributed by atoms with E-state index < -0.39 is 0 Å². The van der Waals surface area contributed by atoms with Crippen LogP contribution in [-0.2, 0) is 0 Å². The first-order valence-corrected chi connectivity index (χ1v) is 6.20. The summed E-state index contributed by atoms with van der Waals surface area (Å²) in [5, 5.41) is 3.30. The minimum atomic E-state index is -0.272. The number of halogens is 1. The third-order valence-electron chi connectivity index (χ3n) is 3.10. The molecule has 1 aromatic carbocycles. The first kappa shape index (κ1) is 13.5. The minimum Gasteiger partial charge on any atom is -0.497 e. The van der Waals surface area contributed by atoms with E-state index in [1.165, 1.54) is 13.2 Å². The summed E-state index contributed by atoms with van der Waals surface area (Å²) in [6, 6.07) is 4.79. The molecule has 0 radical (unpaired) electrons. The number of hydrogen-bond acceptors (Lipinski definition) is 3. The van der Waals surface area contributed by atoms with Gasteiger partial charge in [0.1, 0.15) is 17.4 Å². The maximum atomic E-state index is 13.9. The van der Waals surface area contributed by atoms with Crippen molar-refractivity contribution >= 4 is 0 Å². The molecule has 0 aliphatic heterocycles. The lowest BCUT2D eigenvalue weighted by Crippen LogP contribution is -2.24. The molecule has 0 fully saturated rings. The van der Waals surface area contributed by atoms with E-state index in [1.807, 2.05) is 13.8 Å². The summed E-state index contributed by atoms with van der Waals surface area (Å²) in [7, 11) is 1.52. The fourth-order valence-corrected chi connectivity index (χ4v) is 2.04.